The highest BCUT2D eigenvalue weighted by atomic mass is 35.5. The van der Waals surface area contributed by atoms with Crippen LogP contribution in [0.3, 0.4) is 0 Å². The van der Waals surface area contributed by atoms with Gasteiger partial charge in [0.15, 0.2) is 0 Å². The minimum absolute atomic E-state index is 0.159. The Balaban J connectivity index is 2.44. The highest BCUT2D eigenvalue weighted by Crippen LogP contribution is 2.44. The summed E-state index contributed by atoms with van der Waals surface area (Å²) in [6.07, 6.45) is -5.05. The molecule has 0 fully saturated rings. The van der Waals surface area contributed by atoms with E-state index in [1.807, 2.05) is 5.48 Å². The third-order valence-corrected chi connectivity index (χ3v) is 3.03. The monoisotopic (exact) mass is 299 g/mol. The van der Waals surface area contributed by atoms with E-state index >= 15 is 0 Å². The van der Waals surface area contributed by atoms with E-state index in [-0.39, 0.29) is 5.70 Å². The van der Waals surface area contributed by atoms with Gasteiger partial charge in [0.2, 0.25) is 0 Å². The summed E-state index contributed by atoms with van der Waals surface area (Å²) in [5, 5.41) is 8.90. The van der Waals surface area contributed by atoms with E-state index in [2.05, 4.69) is 4.84 Å². The van der Waals surface area contributed by atoms with Crippen molar-refractivity contribution in [2.45, 2.75) is 12.0 Å². The third-order valence-electron chi connectivity index (χ3n) is 2.33. The number of benzene rings is 1. The van der Waals surface area contributed by atoms with Crippen molar-refractivity contribution >= 4 is 28.9 Å². The standard InChI is InChI=1S/C10H6Cl2F3NO2/c11-6-3-1-5(2-4-6)7-8(12)9(17,18-16-7)10(13,14)15/h1-4,16-17H. The van der Waals surface area contributed by atoms with Gasteiger partial charge in [0.25, 0.3) is 0 Å². The van der Waals surface area contributed by atoms with Gasteiger partial charge in [0.1, 0.15) is 5.03 Å². The molecule has 1 aliphatic heterocycles. The largest absolute Gasteiger partial charge is 0.451 e. The molecule has 98 valence electrons. The topological polar surface area (TPSA) is 41.5 Å². The van der Waals surface area contributed by atoms with Gasteiger partial charge in [-0.05, 0) is 12.1 Å². The van der Waals surface area contributed by atoms with E-state index in [0.717, 1.165) is 0 Å². The van der Waals surface area contributed by atoms with Gasteiger partial charge in [-0.3, -0.25) is 5.48 Å². The molecule has 1 aromatic rings. The Morgan fingerprint density at radius 1 is 1.17 bits per heavy atom. The first-order chi connectivity index (χ1) is 8.25. The Morgan fingerprint density at radius 2 is 1.72 bits per heavy atom. The van der Waals surface area contributed by atoms with E-state index in [1.165, 1.54) is 24.3 Å². The fourth-order valence-corrected chi connectivity index (χ4v) is 1.79. The fourth-order valence-electron chi connectivity index (χ4n) is 1.37. The van der Waals surface area contributed by atoms with Gasteiger partial charge in [-0.25, -0.2) is 4.84 Å². The second-order valence-electron chi connectivity index (χ2n) is 3.54. The van der Waals surface area contributed by atoms with Crippen molar-refractivity contribution in [1.29, 1.82) is 0 Å². The van der Waals surface area contributed by atoms with Crippen LogP contribution in [0.5, 0.6) is 0 Å². The average molecular weight is 300 g/mol. The lowest BCUT2D eigenvalue weighted by atomic mass is 10.1. The summed E-state index contributed by atoms with van der Waals surface area (Å²) < 4.78 is 37.8. The van der Waals surface area contributed by atoms with Crippen LogP contribution in [-0.2, 0) is 4.84 Å². The molecule has 1 aromatic carbocycles. The van der Waals surface area contributed by atoms with Crippen LogP contribution in [0, 0.1) is 0 Å². The number of hydrogen-bond acceptors (Lipinski definition) is 3. The summed E-state index contributed by atoms with van der Waals surface area (Å²) in [4.78, 5) is 4.16. The van der Waals surface area contributed by atoms with Crippen molar-refractivity contribution in [1.82, 2.24) is 5.48 Å². The molecule has 0 radical (unpaired) electrons. The van der Waals surface area contributed by atoms with Crippen LogP contribution in [0.1, 0.15) is 5.56 Å². The van der Waals surface area contributed by atoms with E-state index in [9.17, 15) is 18.3 Å². The molecule has 1 atom stereocenters. The number of hydroxylamine groups is 1. The van der Waals surface area contributed by atoms with Gasteiger partial charge in [0.05, 0.1) is 5.70 Å². The molecular weight excluding hydrogens is 294 g/mol. The summed E-state index contributed by atoms with van der Waals surface area (Å²) in [5.41, 5.74) is 2.12. The van der Waals surface area contributed by atoms with Crippen LogP contribution in [-0.4, -0.2) is 17.1 Å². The highest BCUT2D eigenvalue weighted by Gasteiger charge is 2.62. The molecule has 0 spiro atoms. The molecule has 0 aliphatic carbocycles. The Bertz CT molecular complexity index is 501. The Hall–Kier alpha value is -0.950. The Morgan fingerprint density at radius 3 is 2.17 bits per heavy atom. The number of halogens is 5. The van der Waals surface area contributed by atoms with Crippen LogP contribution in [0.15, 0.2) is 29.3 Å². The number of aliphatic hydroxyl groups is 1. The van der Waals surface area contributed by atoms with Gasteiger partial charge >= 0.3 is 12.0 Å². The zero-order chi connectivity index (χ0) is 13.6. The highest BCUT2D eigenvalue weighted by molar-refractivity contribution is 6.34. The molecule has 0 bridgehead atoms. The number of alkyl halides is 3. The summed E-state index contributed by atoms with van der Waals surface area (Å²) >= 11 is 11.2. The fraction of sp³-hybridized carbons (Fsp3) is 0.200. The third kappa shape index (κ3) is 2.05. The maximum absolute atomic E-state index is 12.6. The number of rotatable bonds is 1. The molecule has 0 saturated carbocycles. The SMILES string of the molecule is OC1(C(F)(F)F)ONC(c2ccc(Cl)cc2)=C1Cl. The first-order valence-electron chi connectivity index (χ1n) is 4.65. The molecule has 1 unspecified atom stereocenters. The van der Waals surface area contributed by atoms with Crippen LogP contribution < -0.4 is 5.48 Å². The van der Waals surface area contributed by atoms with E-state index < -0.39 is 17.0 Å². The number of hydrogen-bond donors (Lipinski definition) is 2. The first-order valence-corrected chi connectivity index (χ1v) is 5.40. The average Bonchev–Trinajstić information content (AvgIpc) is 2.58. The summed E-state index contributed by atoms with van der Waals surface area (Å²) in [7, 11) is 0. The summed E-state index contributed by atoms with van der Waals surface area (Å²) in [6, 6.07) is 5.83. The van der Waals surface area contributed by atoms with Gasteiger partial charge in [-0.1, -0.05) is 35.3 Å². The molecule has 1 aliphatic rings. The molecule has 2 N–H and O–H groups in total. The van der Waals surface area contributed by atoms with E-state index in [0.29, 0.717) is 10.6 Å². The Labute approximate surface area is 110 Å². The normalized spacial score (nSPS) is 24.3. The van der Waals surface area contributed by atoms with Gasteiger partial charge in [-0.2, -0.15) is 13.2 Å². The molecule has 18 heavy (non-hydrogen) atoms. The van der Waals surface area contributed by atoms with Gasteiger partial charge < -0.3 is 5.11 Å². The van der Waals surface area contributed by atoms with E-state index in [1.54, 1.807) is 0 Å². The van der Waals surface area contributed by atoms with Crippen molar-refractivity contribution in [3.05, 3.63) is 39.9 Å². The lowest BCUT2D eigenvalue weighted by Crippen LogP contribution is -2.46. The van der Waals surface area contributed by atoms with Crippen molar-refractivity contribution in [3.8, 4) is 0 Å². The first kappa shape index (κ1) is 13.5. The van der Waals surface area contributed by atoms with Crippen LogP contribution in [0.25, 0.3) is 5.70 Å². The van der Waals surface area contributed by atoms with Crippen LogP contribution >= 0.6 is 23.2 Å². The Kier molecular flexibility index (Phi) is 3.23. The van der Waals surface area contributed by atoms with Crippen LogP contribution in [0.2, 0.25) is 5.02 Å². The van der Waals surface area contributed by atoms with Gasteiger partial charge in [-0.15, -0.1) is 0 Å². The molecule has 3 nitrogen and oxygen atoms in total. The maximum atomic E-state index is 12.6. The zero-order valence-electron chi connectivity index (χ0n) is 8.55. The predicted molar refractivity (Wildman–Crippen MR) is 59.5 cm³/mol. The second-order valence-corrected chi connectivity index (χ2v) is 4.36. The molecule has 1 heterocycles. The maximum Gasteiger partial charge on any atom is 0.451 e. The molecule has 8 heteroatoms. The van der Waals surface area contributed by atoms with Crippen molar-refractivity contribution in [2.24, 2.45) is 0 Å². The molecule has 0 aromatic heterocycles. The van der Waals surface area contributed by atoms with Crippen LogP contribution in [0.4, 0.5) is 13.2 Å². The summed E-state index contributed by atoms with van der Waals surface area (Å²) in [6.45, 7) is 0. The molecular formula is C10H6Cl2F3NO2. The van der Waals surface area contributed by atoms with Crippen molar-refractivity contribution in [2.75, 3.05) is 0 Å². The molecule has 0 saturated heterocycles. The second kappa shape index (κ2) is 4.31. The molecule has 0 amide bonds. The summed E-state index contributed by atoms with van der Waals surface area (Å²) in [5.74, 6) is -3.54. The van der Waals surface area contributed by atoms with Crippen molar-refractivity contribution < 1.29 is 23.1 Å². The minimum Gasteiger partial charge on any atom is -0.353 e. The molecule has 2 rings (SSSR count). The predicted octanol–water partition coefficient (Wildman–Crippen LogP) is 3.03. The zero-order valence-corrected chi connectivity index (χ0v) is 10.1. The smallest absolute Gasteiger partial charge is 0.353 e. The lowest BCUT2D eigenvalue weighted by molar-refractivity contribution is -0.347. The van der Waals surface area contributed by atoms with Crippen molar-refractivity contribution in [3.63, 3.8) is 0 Å². The van der Waals surface area contributed by atoms with Gasteiger partial charge in [0, 0.05) is 10.6 Å². The number of nitrogens with one attached hydrogen (secondary N) is 1. The quantitative estimate of drug-likeness (QED) is 0.837. The van der Waals surface area contributed by atoms with E-state index in [4.69, 9.17) is 23.2 Å². The lowest BCUT2D eigenvalue weighted by Gasteiger charge is -2.23. The minimum atomic E-state index is -5.05.